The zero-order valence-corrected chi connectivity index (χ0v) is 10.1. The van der Waals surface area contributed by atoms with Gasteiger partial charge in [0, 0.05) is 12.8 Å². The van der Waals surface area contributed by atoms with Crippen molar-refractivity contribution in [1.82, 2.24) is 0 Å². The summed E-state index contributed by atoms with van der Waals surface area (Å²) in [7, 11) is 0. The maximum Gasteiger partial charge on any atom is 0.136 e. The number of rotatable bonds is 1. The molecule has 0 aromatic rings. The molecule has 0 amide bonds. The lowest BCUT2D eigenvalue weighted by Crippen LogP contribution is -2.59. The Labute approximate surface area is 97.0 Å². The number of Topliss-reactive ketones (excluding diaryl/α,β-unsaturated/α-hetero) is 1. The molecule has 16 heavy (non-hydrogen) atoms. The highest BCUT2D eigenvalue weighted by atomic mass is 16.1. The third-order valence-corrected chi connectivity index (χ3v) is 5.82. The number of hydrogen-bond donors (Lipinski definition) is 0. The topological polar surface area (TPSA) is 40.9 Å². The summed E-state index contributed by atoms with van der Waals surface area (Å²) in [6.45, 7) is 4.70. The average molecular weight is 217 g/mol. The van der Waals surface area contributed by atoms with Gasteiger partial charge in [-0.1, -0.05) is 13.8 Å². The molecule has 0 saturated heterocycles. The van der Waals surface area contributed by atoms with Crippen LogP contribution in [-0.4, -0.2) is 5.78 Å². The monoisotopic (exact) mass is 217 g/mol. The van der Waals surface area contributed by atoms with Crippen LogP contribution in [0.15, 0.2) is 0 Å². The standard InChI is InChI=1S/C14H19NO/c1-13(2)9-3-4-11(12(13)5-9)14(8-15)6-10(16)7-14/h9,11-12H,3-7H2,1-2H3/t9-,11?,12-/m0/s1. The summed E-state index contributed by atoms with van der Waals surface area (Å²) < 4.78 is 0. The maximum atomic E-state index is 11.2. The van der Waals surface area contributed by atoms with Crippen molar-refractivity contribution in [1.29, 1.82) is 5.26 Å². The Morgan fingerprint density at radius 3 is 2.38 bits per heavy atom. The molecule has 0 spiro atoms. The lowest BCUT2D eigenvalue weighted by molar-refractivity contribution is -0.159. The fraction of sp³-hybridized carbons (Fsp3) is 0.857. The number of fused-ring (bicyclic) bond motifs is 2. The number of hydrogen-bond acceptors (Lipinski definition) is 2. The van der Waals surface area contributed by atoms with Crippen LogP contribution in [0.1, 0.15) is 46.0 Å². The molecule has 3 atom stereocenters. The van der Waals surface area contributed by atoms with E-state index in [2.05, 4.69) is 19.9 Å². The van der Waals surface area contributed by atoms with Crippen LogP contribution in [0.25, 0.3) is 0 Å². The number of carbonyl (C=O) groups is 1. The molecule has 2 nitrogen and oxygen atoms in total. The number of carbonyl (C=O) groups excluding carboxylic acids is 1. The van der Waals surface area contributed by atoms with Crippen molar-refractivity contribution in [3.63, 3.8) is 0 Å². The summed E-state index contributed by atoms with van der Waals surface area (Å²) in [5, 5.41) is 9.41. The second kappa shape index (κ2) is 2.88. The number of nitriles is 1. The minimum atomic E-state index is -0.273. The molecular formula is C14H19NO. The van der Waals surface area contributed by atoms with Gasteiger partial charge in [0.1, 0.15) is 5.78 Å². The molecule has 0 N–H and O–H groups in total. The van der Waals surface area contributed by atoms with E-state index in [1.807, 2.05) is 0 Å². The third kappa shape index (κ3) is 1.04. The van der Waals surface area contributed by atoms with E-state index in [4.69, 9.17) is 0 Å². The summed E-state index contributed by atoms with van der Waals surface area (Å²) in [5.74, 6) is 2.36. The number of ketones is 1. The van der Waals surface area contributed by atoms with Gasteiger partial charge in [0.2, 0.25) is 0 Å². The van der Waals surface area contributed by atoms with Gasteiger partial charge in [0.05, 0.1) is 11.5 Å². The summed E-state index contributed by atoms with van der Waals surface area (Å²) in [5.41, 5.74) is 0.149. The van der Waals surface area contributed by atoms with E-state index in [1.54, 1.807) is 0 Å². The van der Waals surface area contributed by atoms with E-state index < -0.39 is 0 Å². The predicted molar refractivity (Wildman–Crippen MR) is 60.4 cm³/mol. The third-order valence-electron chi connectivity index (χ3n) is 5.82. The molecule has 4 rings (SSSR count). The Morgan fingerprint density at radius 1 is 1.25 bits per heavy atom. The second-order valence-corrected chi connectivity index (χ2v) is 6.70. The largest absolute Gasteiger partial charge is 0.300 e. The molecule has 4 saturated carbocycles. The smallest absolute Gasteiger partial charge is 0.136 e. The van der Waals surface area contributed by atoms with Gasteiger partial charge >= 0.3 is 0 Å². The average Bonchev–Trinajstić information content (AvgIpc) is 2.24. The van der Waals surface area contributed by atoms with Gasteiger partial charge in [-0.2, -0.15) is 5.26 Å². The minimum Gasteiger partial charge on any atom is -0.300 e. The summed E-state index contributed by atoms with van der Waals surface area (Å²) in [6.07, 6.45) is 4.82. The molecule has 86 valence electrons. The molecular weight excluding hydrogens is 198 g/mol. The molecule has 4 aliphatic rings. The lowest BCUT2D eigenvalue weighted by atomic mass is 9.40. The Hall–Kier alpha value is -0.840. The van der Waals surface area contributed by atoms with E-state index in [1.165, 1.54) is 19.3 Å². The van der Waals surface area contributed by atoms with Crippen molar-refractivity contribution in [2.45, 2.75) is 46.0 Å². The Kier molecular flexibility index (Phi) is 1.86. The summed E-state index contributed by atoms with van der Waals surface area (Å²) >= 11 is 0. The van der Waals surface area contributed by atoms with E-state index >= 15 is 0 Å². The van der Waals surface area contributed by atoms with Gasteiger partial charge in [0.15, 0.2) is 0 Å². The maximum absolute atomic E-state index is 11.2. The van der Waals surface area contributed by atoms with Gasteiger partial charge in [0.25, 0.3) is 0 Å². The predicted octanol–water partition coefficient (Wildman–Crippen LogP) is 2.93. The molecule has 0 aliphatic heterocycles. The van der Waals surface area contributed by atoms with Crippen molar-refractivity contribution in [3.05, 3.63) is 0 Å². The van der Waals surface area contributed by atoms with Gasteiger partial charge in [-0.3, -0.25) is 4.79 Å². The molecule has 0 heterocycles. The normalized spacial score (nSPS) is 42.8. The first-order valence-electron chi connectivity index (χ1n) is 6.42. The first-order valence-corrected chi connectivity index (χ1v) is 6.42. The molecule has 4 fully saturated rings. The van der Waals surface area contributed by atoms with Crippen LogP contribution in [0.2, 0.25) is 0 Å². The van der Waals surface area contributed by atoms with Gasteiger partial charge < -0.3 is 0 Å². The fourth-order valence-corrected chi connectivity index (χ4v) is 4.55. The van der Waals surface area contributed by atoms with Gasteiger partial charge in [-0.05, 0) is 42.4 Å². The van der Waals surface area contributed by atoms with E-state index in [0.717, 1.165) is 5.92 Å². The first-order chi connectivity index (χ1) is 7.49. The molecule has 2 bridgehead atoms. The van der Waals surface area contributed by atoms with Crippen molar-refractivity contribution in [2.24, 2.45) is 28.6 Å². The van der Waals surface area contributed by atoms with Crippen LogP contribution in [0, 0.1) is 39.9 Å². The van der Waals surface area contributed by atoms with Crippen LogP contribution in [-0.2, 0) is 4.79 Å². The summed E-state index contributed by atoms with van der Waals surface area (Å²) in [6, 6.07) is 2.49. The molecule has 0 radical (unpaired) electrons. The highest BCUT2D eigenvalue weighted by Gasteiger charge is 2.62. The van der Waals surface area contributed by atoms with E-state index in [-0.39, 0.29) is 5.41 Å². The van der Waals surface area contributed by atoms with Crippen LogP contribution < -0.4 is 0 Å². The molecule has 0 aromatic heterocycles. The first kappa shape index (κ1) is 10.3. The van der Waals surface area contributed by atoms with Crippen molar-refractivity contribution in [3.8, 4) is 6.07 Å². The lowest BCUT2D eigenvalue weighted by Gasteiger charge is -2.64. The second-order valence-electron chi connectivity index (χ2n) is 6.70. The van der Waals surface area contributed by atoms with Crippen LogP contribution in [0.4, 0.5) is 0 Å². The SMILES string of the molecule is CC1(C)[C@H]2CCC(C3(C#N)CC(=O)C3)[C@@H]1C2. The highest BCUT2D eigenvalue weighted by Crippen LogP contribution is 2.67. The van der Waals surface area contributed by atoms with Crippen molar-refractivity contribution >= 4 is 5.78 Å². The van der Waals surface area contributed by atoms with Gasteiger partial charge in [-0.25, -0.2) is 0 Å². The van der Waals surface area contributed by atoms with E-state index in [0.29, 0.717) is 35.9 Å². The van der Waals surface area contributed by atoms with Crippen LogP contribution >= 0.6 is 0 Å². The molecule has 4 aliphatic carbocycles. The Morgan fingerprint density at radius 2 is 1.94 bits per heavy atom. The van der Waals surface area contributed by atoms with Crippen molar-refractivity contribution in [2.75, 3.05) is 0 Å². The van der Waals surface area contributed by atoms with E-state index in [9.17, 15) is 10.1 Å². The van der Waals surface area contributed by atoms with Gasteiger partial charge in [-0.15, -0.1) is 0 Å². The summed E-state index contributed by atoms with van der Waals surface area (Å²) in [4.78, 5) is 11.2. The zero-order chi connectivity index (χ0) is 11.6. The van der Waals surface area contributed by atoms with Crippen LogP contribution in [0.5, 0.6) is 0 Å². The number of nitrogens with zero attached hydrogens (tertiary/aromatic N) is 1. The van der Waals surface area contributed by atoms with Crippen LogP contribution in [0.3, 0.4) is 0 Å². The zero-order valence-electron chi connectivity index (χ0n) is 10.1. The molecule has 0 aromatic carbocycles. The quantitative estimate of drug-likeness (QED) is 0.677. The molecule has 1 unspecified atom stereocenters. The minimum absolute atomic E-state index is 0.273. The Bertz CT molecular complexity index is 380. The van der Waals surface area contributed by atoms with Crippen molar-refractivity contribution < 1.29 is 4.79 Å². The fourth-order valence-electron chi connectivity index (χ4n) is 4.55. The highest BCUT2D eigenvalue weighted by molar-refractivity contribution is 5.87. The molecule has 2 heteroatoms. The Balaban J connectivity index is 1.86.